The Labute approximate surface area is 181 Å². The maximum absolute atomic E-state index is 2.42. The van der Waals surface area contributed by atoms with Gasteiger partial charge in [0, 0.05) is 46.0 Å². The van der Waals surface area contributed by atoms with Crippen molar-refractivity contribution in [3.63, 3.8) is 0 Å². The number of pyridine rings is 1. The number of halogens is 1. The molecule has 3 heteroatoms. The lowest BCUT2D eigenvalue weighted by Crippen LogP contribution is -3.00. The maximum Gasteiger partial charge on any atom is 0.174 e. The third-order valence-electron chi connectivity index (χ3n) is 5.59. The molecular formula is C26H23BrN2. The quantitative estimate of drug-likeness (QED) is 0.378. The summed E-state index contributed by atoms with van der Waals surface area (Å²) >= 11 is 0. The van der Waals surface area contributed by atoms with Crippen molar-refractivity contribution >= 4 is 21.8 Å². The van der Waals surface area contributed by atoms with E-state index in [1.54, 1.807) is 0 Å². The Kier molecular flexibility index (Phi) is 5.50. The second kappa shape index (κ2) is 8.22. The van der Waals surface area contributed by atoms with Crippen LogP contribution >= 0.6 is 0 Å². The minimum Gasteiger partial charge on any atom is -1.00 e. The number of aryl methyl sites for hydroxylation is 1. The summed E-state index contributed by atoms with van der Waals surface area (Å²) in [6, 6.07) is 30.4. The van der Waals surface area contributed by atoms with Gasteiger partial charge in [0.25, 0.3) is 0 Å². The molecule has 0 amide bonds. The van der Waals surface area contributed by atoms with Crippen molar-refractivity contribution in [3.8, 4) is 0 Å². The molecule has 3 aromatic carbocycles. The van der Waals surface area contributed by atoms with Crippen molar-refractivity contribution in [2.24, 2.45) is 0 Å². The van der Waals surface area contributed by atoms with Gasteiger partial charge < -0.3 is 21.5 Å². The number of hydrogen-bond acceptors (Lipinski definition) is 0. The van der Waals surface area contributed by atoms with Crippen molar-refractivity contribution in [2.75, 3.05) is 0 Å². The molecule has 0 fully saturated rings. The average Bonchev–Trinajstić information content (AvgIpc) is 3.05. The molecule has 0 saturated heterocycles. The van der Waals surface area contributed by atoms with Gasteiger partial charge in [0.05, 0.1) is 0 Å². The van der Waals surface area contributed by atoms with E-state index in [4.69, 9.17) is 0 Å². The highest BCUT2D eigenvalue weighted by molar-refractivity contribution is 6.08. The molecule has 0 radical (unpaired) electrons. The summed E-state index contributed by atoms with van der Waals surface area (Å²) in [7, 11) is 0. The molecule has 0 unspecified atom stereocenters. The Morgan fingerprint density at radius 1 is 0.690 bits per heavy atom. The lowest BCUT2D eigenvalue weighted by atomic mass is 10.1. The van der Waals surface area contributed by atoms with Crippen LogP contribution in [-0.2, 0) is 13.1 Å². The SMILES string of the molecule is Cc1ccccc1C[n+]1ccc(Cn2c3ccccc3c3ccccc32)cc1.[Br-]. The molecule has 0 atom stereocenters. The van der Waals surface area contributed by atoms with E-state index in [9.17, 15) is 0 Å². The zero-order valence-electron chi connectivity index (χ0n) is 16.4. The number of aromatic nitrogens is 2. The van der Waals surface area contributed by atoms with Crippen LogP contribution in [0.3, 0.4) is 0 Å². The maximum atomic E-state index is 2.42. The van der Waals surface area contributed by atoms with Crippen LogP contribution in [0.5, 0.6) is 0 Å². The van der Waals surface area contributed by atoms with Gasteiger partial charge in [0.15, 0.2) is 18.9 Å². The van der Waals surface area contributed by atoms with Crippen molar-refractivity contribution in [1.82, 2.24) is 4.57 Å². The van der Waals surface area contributed by atoms with Gasteiger partial charge >= 0.3 is 0 Å². The van der Waals surface area contributed by atoms with Gasteiger partial charge in [-0.2, -0.15) is 0 Å². The molecule has 0 aliphatic heterocycles. The van der Waals surface area contributed by atoms with Gasteiger partial charge in [-0.05, 0) is 30.2 Å². The van der Waals surface area contributed by atoms with Crippen LogP contribution in [0.15, 0.2) is 97.3 Å². The first-order chi connectivity index (χ1) is 13.8. The molecule has 0 aliphatic rings. The predicted octanol–water partition coefficient (Wildman–Crippen LogP) is 2.49. The Morgan fingerprint density at radius 2 is 1.24 bits per heavy atom. The Bertz CT molecular complexity index is 1220. The molecule has 29 heavy (non-hydrogen) atoms. The van der Waals surface area contributed by atoms with Crippen LogP contribution < -0.4 is 21.5 Å². The fourth-order valence-electron chi connectivity index (χ4n) is 4.04. The molecule has 2 aromatic heterocycles. The van der Waals surface area contributed by atoms with E-state index in [1.165, 1.54) is 38.5 Å². The summed E-state index contributed by atoms with van der Waals surface area (Å²) in [5.74, 6) is 0. The number of hydrogen-bond donors (Lipinski definition) is 0. The minimum atomic E-state index is 0. The van der Waals surface area contributed by atoms with Crippen LogP contribution in [0.4, 0.5) is 0 Å². The highest BCUT2D eigenvalue weighted by atomic mass is 79.9. The molecule has 0 bridgehead atoms. The first kappa shape index (κ1) is 19.4. The third-order valence-corrected chi connectivity index (χ3v) is 5.59. The number of benzene rings is 3. The zero-order chi connectivity index (χ0) is 18.9. The topological polar surface area (TPSA) is 8.81 Å². The number of nitrogens with zero attached hydrogens (tertiary/aromatic N) is 2. The first-order valence-corrected chi connectivity index (χ1v) is 9.78. The van der Waals surface area contributed by atoms with Gasteiger partial charge in [0.1, 0.15) is 0 Å². The van der Waals surface area contributed by atoms with E-state index >= 15 is 0 Å². The molecule has 144 valence electrons. The van der Waals surface area contributed by atoms with Gasteiger partial charge in [-0.15, -0.1) is 0 Å². The molecule has 0 aliphatic carbocycles. The van der Waals surface area contributed by atoms with Gasteiger partial charge in [-0.1, -0.05) is 60.7 Å². The monoisotopic (exact) mass is 442 g/mol. The first-order valence-electron chi connectivity index (χ1n) is 9.78. The largest absolute Gasteiger partial charge is 1.00 e. The number of rotatable bonds is 4. The van der Waals surface area contributed by atoms with Crippen LogP contribution in [0, 0.1) is 6.92 Å². The Balaban J connectivity index is 0.00000205. The van der Waals surface area contributed by atoms with Gasteiger partial charge in [-0.25, -0.2) is 4.57 Å². The fraction of sp³-hybridized carbons (Fsp3) is 0.115. The van der Waals surface area contributed by atoms with E-state index in [1.807, 2.05) is 0 Å². The predicted molar refractivity (Wildman–Crippen MR) is 115 cm³/mol. The summed E-state index contributed by atoms with van der Waals surface area (Å²) in [6.07, 6.45) is 4.38. The molecule has 0 spiro atoms. The van der Waals surface area contributed by atoms with Crippen molar-refractivity contribution in [2.45, 2.75) is 20.0 Å². The van der Waals surface area contributed by atoms with Gasteiger partial charge in [0.2, 0.25) is 0 Å². The van der Waals surface area contributed by atoms with E-state index < -0.39 is 0 Å². The third kappa shape index (κ3) is 3.70. The molecular weight excluding hydrogens is 420 g/mol. The number of fused-ring (bicyclic) bond motifs is 3. The van der Waals surface area contributed by atoms with E-state index in [0.29, 0.717) is 0 Å². The van der Waals surface area contributed by atoms with Crippen LogP contribution in [-0.4, -0.2) is 4.57 Å². The second-order valence-corrected chi connectivity index (χ2v) is 7.43. The summed E-state index contributed by atoms with van der Waals surface area (Å²) in [4.78, 5) is 0. The lowest BCUT2D eigenvalue weighted by Gasteiger charge is -2.08. The molecule has 5 rings (SSSR count). The van der Waals surface area contributed by atoms with E-state index in [-0.39, 0.29) is 17.0 Å². The summed E-state index contributed by atoms with van der Waals surface area (Å²) < 4.78 is 4.67. The molecule has 0 saturated carbocycles. The van der Waals surface area contributed by atoms with Crippen LogP contribution in [0.2, 0.25) is 0 Å². The fourth-order valence-corrected chi connectivity index (χ4v) is 4.04. The van der Waals surface area contributed by atoms with Crippen LogP contribution in [0.1, 0.15) is 16.7 Å². The van der Waals surface area contributed by atoms with E-state index in [2.05, 4.69) is 113 Å². The van der Waals surface area contributed by atoms with Gasteiger partial charge in [-0.3, -0.25) is 0 Å². The normalized spacial score (nSPS) is 10.9. The van der Waals surface area contributed by atoms with Crippen LogP contribution in [0.25, 0.3) is 21.8 Å². The van der Waals surface area contributed by atoms with Crippen molar-refractivity contribution < 1.29 is 21.5 Å². The lowest BCUT2D eigenvalue weighted by molar-refractivity contribution is -0.688. The Hall–Kier alpha value is -2.91. The highest BCUT2D eigenvalue weighted by Gasteiger charge is 2.11. The zero-order valence-corrected chi connectivity index (χ0v) is 18.0. The minimum absolute atomic E-state index is 0. The smallest absolute Gasteiger partial charge is 0.174 e. The van der Waals surface area contributed by atoms with Crippen molar-refractivity contribution in [3.05, 3.63) is 114 Å². The summed E-state index contributed by atoms with van der Waals surface area (Å²) in [6.45, 7) is 3.95. The molecule has 2 heterocycles. The van der Waals surface area contributed by atoms with Crippen molar-refractivity contribution in [1.29, 1.82) is 0 Å². The summed E-state index contributed by atoms with van der Waals surface area (Å²) in [5.41, 5.74) is 6.60. The standard InChI is InChI=1S/C26H23N2.BrH/c1-20-8-2-3-9-22(20)19-27-16-14-21(15-17-27)18-28-25-12-6-4-10-23(25)24-11-5-7-13-26(24)28;/h2-17H,18-19H2,1H3;1H/q+1;/p-1. The molecule has 0 N–H and O–H groups in total. The molecule has 2 nitrogen and oxygen atoms in total. The number of para-hydroxylation sites is 2. The highest BCUT2D eigenvalue weighted by Crippen LogP contribution is 2.29. The summed E-state index contributed by atoms with van der Waals surface area (Å²) in [5, 5.41) is 2.65. The second-order valence-electron chi connectivity index (χ2n) is 7.43. The van der Waals surface area contributed by atoms with E-state index in [0.717, 1.165) is 13.1 Å². The molecule has 5 aromatic rings. The Morgan fingerprint density at radius 3 is 1.86 bits per heavy atom. The average molecular weight is 443 g/mol.